The maximum atomic E-state index is 10.6. The Morgan fingerprint density at radius 3 is 2.14 bits per heavy atom. The van der Waals surface area contributed by atoms with E-state index in [9.17, 15) is 20.4 Å². The molecule has 0 unspecified atom stereocenters. The van der Waals surface area contributed by atoms with Gasteiger partial charge in [-0.05, 0) is 154 Å². The summed E-state index contributed by atoms with van der Waals surface area (Å²) in [5, 5.41) is 41.7. The number of aliphatic hydroxyl groups excluding tert-OH is 2. The predicted octanol–water partition coefficient (Wildman–Crippen LogP) is 7.69. The highest BCUT2D eigenvalue weighted by atomic mass is 16.5. The quantitative estimate of drug-likeness (QED) is 0.175. The number of hydrogen-bond acceptors (Lipinski definition) is 4. The zero-order valence-electron chi connectivity index (χ0n) is 27.1. The van der Waals surface area contributed by atoms with E-state index in [1.165, 1.54) is 77.0 Å². The molecule has 0 amide bonds. The summed E-state index contributed by atoms with van der Waals surface area (Å²) < 4.78 is 0. The Morgan fingerprint density at radius 1 is 0.643 bits per heavy atom. The van der Waals surface area contributed by atoms with Gasteiger partial charge in [-0.2, -0.15) is 0 Å². The number of fused-ring (bicyclic) bond motifs is 10. The third-order valence-electron chi connectivity index (χ3n) is 15.9. The van der Waals surface area contributed by atoms with Crippen LogP contribution in [0.5, 0.6) is 0 Å². The molecule has 4 N–H and O–H groups in total. The molecule has 0 bridgehead atoms. The third-order valence-corrected chi connectivity index (χ3v) is 15.9. The van der Waals surface area contributed by atoms with Gasteiger partial charge in [-0.15, -0.1) is 0 Å². The third kappa shape index (κ3) is 4.34. The lowest BCUT2D eigenvalue weighted by Gasteiger charge is -2.58. The van der Waals surface area contributed by atoms with Gasteiger partial charge in [0.1, 0.15) is 0 Å². The highest BCUT2D eigenvalue weighted by molar-refractivity contribution is 5.26. The molecule has 6 fully saturated rings. The van der Waals surface area contributed by atoms with Crippen molar-refractivity contribution in [3.8, 4) is 0 Å². The summed E-state index contributed by atoms with van der Waals surface area (Å²) in [6.45, 7) is 9.61. The first kappa shape index (κ1) is 30.0. The van der Waals surface area contributed by atoms with Crippen molar-refractivity contribution in [1.82, 2.24) is 0 Å². The van der Waals surface area contributed by atoms with E-state index in [-0.39, 0.29) is 29.0 Å². The van der Waals surface area contributed by atoms with Crippen molar-refractivity contribution < 1.29 is 20.4 Å². The molecule has 0 aromatic carbocycles. The zero-order valence-corrected chi connectivity index (χ0v) is 27.1. The molecule has 42 heavy (non-hydrogen) atoms. The minimum Gasteiger partial charge on any atom is -0.393 e. The predicted molar refractivity (Wildman–Crippen MR) is 167 cm³/mol. The van der Waals surface area contributed by atoms with Crippen LogP contribution in [0.4, 0.5) is 0 Å². The Balaban J connectivity index is 0.000000137. The summed E-state index contributed by atoms with van der Waals surface area (Å²) in [6, 6.07) is 0. The Labute approximate surface area is 255 Å². The smallest absolute Gasteiger partial charge is 0.166 e. The van der Waals surface area contributed by atoms with Crippen LogP contribution in [0, 0.1) is 57.2 Å². The van der Waals surface area contributed by atoms with Crippen molar-refractivity contribution in [3.63, 3.8) is 0 Å². The Kier molecular flexibility index (Phi) is 7.26. The van der Waals surface area contributed by atoms with Crippen LogP contribution < -0.4 is 0 Å². The number of allylic oxidation sites excluding steroid dienone is 3. The molecule has 0 heterocycles. The van der Waals surface area contributed by atoms with Gasteiger partial charge in [0.25, 0.3) is 0 Å². The maximum Gasteiger partial charge on any atom is 0.166 e. The van der Waals surface area contributed by atoms with Crippen molar-refractivity contribution in [2.24, 2.45) is 57.2 Å². The van der Waals surface area contributed by atoms with Gasteiger partial charge in [0, 0.05) is 12.3 Å². The molecular weight excluding hydrogens is 520 g/mol. The molecular formula is C38H60O4. The fourth-order valence-corrected chi connectivity index (χ4v) is 13.5. The second-order valence-electron chi connectivity index (χ2n) is 17.7. The standard InChI is InChI=1S/2C19H30O2/c1-18-9-7-13(20)11-12(18)3-4-14-15-5-6-17(21)19(15,2)10-8-16(14)18;1-17-10-8-15-14(16(17)19(20,21)12-11-17)7-6-13-5-3-4-9-18(13,15)2/h11,13-17,20-21H,3-10H2,1-2H3;5,14-16,20-21H,3-4,6-12H2,1-2H3/t13-,14-,15-,16-,17-,18-,19-;14-,15+,16+,17-,18+/m01/s1. The van der Waals surface area contributed by atoms with E-state index in [0.717, 1.165) is 43.4 Å². The van der Waals surface area contributed by atoms with Crippen LogP contribution in [0.25, 0.3) is 0 Å². The van der Waals surface area contributed by atoms with Crippen LogP contribution in [-0.4, -0.2) is 38.4 Å². The Hall–Kier alpha value is -0.680. The highest BCUT2D eigenvalue weighted by Crippen LogP contribution is 2.68. The summed E-state index contributed by atoms with van der Waals surface area (Å²) >= 11 is 0. The number of rotatable bonds is 0. The molecule has 8 aliphatic carbocycles. The minimum absolute atomic E-state index is 0.0682. The van der Waals surface area contributed by atoms with E-state index < -0.39 is 5.79 Å². The molecule has 8 aliphatic rings. The van der Waals surface area contributed by atoms with E-state index in [4.69, 9.17) is 0 Å². The Morgan fingerprint density at radius 2 is 1.33 bits per heavy atom. The normalized spacial score (nSPS) is 53.9. The second-order valence-corrected chi connectivity index (χ2v) is 17.7. The molecule has 8 rings (SSSR count). The van der Waals surface area contributed by atoms with Crippen molar-refractivity contribution in [3.05, 3.63) is 23.3 Å². The average molecular weight is 581 g/mol. The topological polar surface area (TPSA) is 80.9 Å². The SMILES string of the molecule is C[C@]12CC[C@H]3[C@@H](CCC4=CCCC[C@@]43C)[C@@H]1C(O)(O)CC2.C[C@]12CC[C@H]3[C@@H](CCC4=C[C@@H](O)CC[C@@]43C)[C@@H]1CC[C@@H]2O. The van der Waals surface area contributed by atoms with E-state index in [2.05, 4.69) is 39.8 Å². The van der Waals surface area contributed by atoms with Crippen molar-refractivity contribution >= 4 is 0 Å². The second kappa shape index (κ2) is 10.2. The Bertz CT molecular complexity index is 1120. The maximum absolute atomic E-state index is 10.6. The number of hydrogen-bond donors (Lipinski definition) is 4. The van der Waals surface area contributed by atoms with Crippen LogP contribution in [-0.2, 0) is 0 Å². The molecule has 4 heteroatoms. The molecule has 0 saturated heterocycles. The first-order valence-corrected chi connectivity index (χ1v) is 18.0. The van der Waals surface area contributed by atoms with E-state index in [0.29, 0.717) is 29.1 Å². The molecule has 0 aromatic rings. The van der Waals surface area contributed by atoms with E-state index in [1.807, 2.05) is 0 Å². The molecule has 236 valence electrons. The lowest BCUT2D eigenvalue weighted by Crippen LogP contribution is -2.54. The molecule has 4 nitrogen and oxygen atoms in total. The first-order chi connectivity index (χ1) is 19.8. The molecule has 0 aromatic heterocycles. The molecule has 6 saturated carbocycles. The lowest BCUT2D eigenvalue weighted by molar-refractivity contribution is -0.231. The molecule has 0 radical (unpaired) electrons. The van der Waals surface area contributed by atoms with Crippen LogP contribution in [0.3, 0.4) is 0 Å². The van der Waals surface area contributed by atoms with Gasteiger partial charge in [-0.3, -0.25) is 0 Å². The van der Waals surface area contributed by atoms with Crippen LogP contribution >= 0.6 is 0 Å². The van der Waals surface area contributed by atoms with Crippen molar-refractivity contribution in [1.29, 1.82) is 0 Å². The highest BCUT2D eigenvalue weighted by Gasteiger charge is 2.63. The van der Waals surface area contributed by atoms with Crippen LogP contribution in [0.1, 0.15) is 137 Å². The fourth-order valence-electron chi connectivity index (χ4n) is 13.5. The monoisotopic (exact) mass is 580 g/mol. The summed E-state index contributed by atoms with van der Waals surface area (Å²) in [7, 11) is 0. The first-order valence-electron chi connectivity index (χ1n) is 18.0. The fraction of sp³-hybridized carbons (Fsp3) is 0.895. The van der Waals surface area contributed by atoms with Gasteiger partial charge in [0.15, 0.2) is 5.79 Å². The van der Waals surface area contributed by atoms with Gasteiger partial charge < -0.3 is 20.4 Å². The molecule has 0 spiro atoms. The van der Waals surface area contributed by atoms with E-state index in [1.54, 1.807) is 11.1 Å². The van der Waals surface area contributed by atoms with Crippen LogP contribution in [0.15, 0.2) is 23.3 Å². The van der Waals surface area contributed by atoms with Gasteiger partial charge in [0.05, 0.1) is 12.2 Å². The molecule has 12 atom stereocenters. The van der Waals surface area contributed by atoms with Crippen molar-refractivity contribution in [2.45, 2.75) is 155 Å². The summed E-state index contributed by atoms with van der Waals surface area (Å²) in [4.78, 5) is 0. The van der Waals surface area contributed by atoms with Crippen LogP contribution in [0.2, 0.25) is 0 Å². The lowest BCUT2D eigenvalue weighted by atomic mass is 9.47. The van der Waals surface area contributed by atoms with Gasteiger partial charge in [-0.1, -0.05) is 51.0 Å². The zero-order chi connectivity index (χ0) is 29.7. The molecule has 0 aliphatic heterocycles. The van der Waals surface area contributed by atoms with E-state index >= 15 is 0 Å². The summed E-state index contributed by atoms with van der Waals surface area (Å²) in [5.41, 5.74) is 4.27. The average Bonchev–Trinajstić information content (AvgIpc) is 3.40. The van der Waals surface area contributed by atoms with Gasteiger partial charge in [0.2, 0.25) is 0 Å². The van der Waals surface area contributed by atoms with Crippen molar-refractivity contribution in [2.75, 3.05) is 0 Å². The summed E-state index contributed by atoms with van der Waals surface area (Å²) in [5.74, 6) is 2.20. The van der Waals surface area contributed by atoms with Gasteiger partial charge >= 0.3 is 0 Å². The minimum atomic E-state index is -1.41. The summed E-state index contributed by atoms with van der Waals surface area (Å²) in [6.07, 6.45) is 24.0. The number of aliphatic hydroxyl groups is 4. The largest absolute Gasteiger partial charge is 0.393 e. The van der Waals surface area contributed by atoms with Gasteiger partial charge in [-0.25, -0.2) is 0 Å².